The van der Waals surface area contributed by atoms with Crippen molar-refractivity contribution in [1.82, 2.24) is 0 Å². The number of halogens is 1. The van der Waals surface area contributed by atoms with Gasteiger partial charge in [-0.1, -0.05) is 36.8 Å². The second kappa shape index (κ2) is 7.15. The molecule has 2 rings (SSSR count). The van der Waals surface area contributed by atoms with E-state index in [4.69, 9.17) is 11.6 Å². The number of anilines is 1. The fraction of sp³-hybridized carbons (Fsp3) is 0.235. The molecule has 1 N–H and O–H groups in total. The third kappa shape index (κ3) is 4.33. The quantitative estimate of drug-likeness (QED) is 0.637. The SMILES string of the molecule is Cc1ccc(S(=O)(=O)Nc2ccc(C(C)C(Cl)C=O)cc2)cc1. The zero-order valence-electron chi connectivity index (χ0n) is 12.9. The minimum Gasteiger partial charge on any atom is -0.302 e. The van der Waals surface area contributed by atoms with Gasteiger partial charge in [-0.05, 0) is 36.8 Å². The number of nitrogens with one attached hydrogen (secondary N) is 1. The highest BCUT2D eigenvalue weighted by molar-refractivity contribution is 7.92. The molecule has 2 aromatic carbocycles. The van der Waals surface area contributed by atoms with Gasteiger partial charge in [-0.3, -0.25) is 4.72 Å². The molecule has 0 radical (unpaired) electrons. The fourth-order valence-electron chi connectivity index (χ4n) is 2.09. The van der Waals surface area contributed by atoms with Crippen molar-refractivity contribution in [1.29, 1.82) is 0 Å². The third-order valence-corrected chi connectivity index (χ3v) is 5.51. The molecule has 4 nitrogen and oxygen atoms in total. The van der Waals surface area contributed by atoms with Gasteiger partial charge in [0, 0.05) is 11.6 Å². The average Bonchev–Trinajstić information content (AvgIpc) is 2.54. The van der Waals surface area contributed by atoms with Crippen molar-refractivity contribution in [2.45, 2.75) is 30.0 Å². The molecule has 0 amide bonds. The molecule has 6 heteroatoms. The molecule has 0 bridgehead atoms. The lowest BCUT2D eigenvalue weighted by Crippen LogP contribution is -2.13. The zero-order chi connectivity index (χ0) is 17.0. The fourth-order valence-corrected chi connectivity index (χ4v) is 3.29. The Labute approximate surface area is 141 Å². The van der Waals surface area contributed by atoms with Crippen LogP contribution in [0, 0.1) is 6.92 Å². The van der Waals surface area contributed by atoms with Gasteiger partial charge in [0.15, 0.2) is 0 Å². The first kappa shape index (κ1) is 17.5. The monoisotopic (exact) mass is 351 g/mol. The maximum absolute atomic E-state index is 12.3. The average molecular weight is 352 g/mol. The van der Waals surface area contributed by atoms with Gasteiger partial charge in [0.1, 0.15) is 6.29 Å². The van der Waals surface area contributed by atoms with Crippen LogP contribution in [0.4, 0.5) is 5.69 Å². The van der Waals surface area contributed by atoms with Crippen molar-refractivity contribution in [2.24, 2.45) is 0 Å². The van der Waals surface area contributed by atoms with Crippen molar-refractivity contribution in [3.63, 3.8) is 0 Å². The Bertz CT molecular complexity index is 770. The van der Waals surface area contributed by atoms with Crippen LogP contribution in [0.25, 0.3) is 0 Å². The highest BCUT2D eigenvalue weighted by Gasteiger charge is 2.17. The van der Waals surface area contributed by atoms with Crippen LogP contribution >= 0.6 is 11.6 Å². The van der Waals surface area contributed by atoms with E-state index < -0.39 is 15.4 Å². The van der Waals surface area contributed by atoms with Crippen LogP contribution in [0.15, 0.2) is 53.4 Å². The smallest absolute Gasteiger partial charge is 0.261 e. The molecule has 0 heterocycles. The van der Waals surface area contributed by atoms with E-state index in [2.05, 4.69) is 4.72 Å². The van der Waals surface area contributed by atoms with Crippen molar-refractivity contribution in [3.05, 3.63) is 59.7 Å². The Balaban J connectivity index is 2.17. The van der Waals surface area contributed by atoms with E-state index in [1.165, 1.54) is 0 Å². The van der Waals surface area contributed by atoms with Crippen LogP contribution in [-0.4, -0.2) is 20.1 Å². The van der Waals surface area contributed by atoms with Crippen molar-refractivity contribution >= 4 is 33.6 Å². The van der Waals surface area contributed by atoms with Crippen molar-refractivity contribution in [3.8, 4) is 0 Å². The number of carbonyl (C=O) groups excluding carboxylic acids is 1. The van der Waals surface area contributed by atoms with Crippen LogP contribution in [0.3, 0.4) is 0 Å². The highest BCUT2D eigenvalue weighted by atomic mass is 35.5. The Hall–Kier alpha value is -1.85. The summed E-state index contributed by atoms with van der Waals surface area (Å²) in [4.78, 5) is 10.9. The lowest BCUT2D eigenvalue weighted by atomic mass is 9.98. The maximum atomic E-state index is 12.3. The molecule has 0 aromatic heterocycles. The molecule has 2 unspecified atom stereocenters. The molecule has 2 atom stereocenters. The van der Waals surface area contributed by atoms with E-state index in [0.717, 1.165) is 11.1 Å². The molecule has 0 spiro atoms. The number of hydrogen-bond acceptors (Lipinski definition) is 3. The summed E-state index contributed by atoms with van der Waals surface area (Å²) in [5, 5.41) is -0.606. The lowest BCUT2D eigenvalue weighted by Gasteiger charge is -2.14. The van der Waals surface area contributed by atoms with Crippen LogP contribution in [0.2, 0.25) is 0 Å². The third-order valence-electron chi connectivity index (χ3n) is 3.63. The molecule has 0 aliphatic heterocycles. The number of benzene rings is 2. The predicted molar refractivity (Wildman–Crippen MR) is 92.5 cm³/mol. The van der Waals surface area contributed by atoms with Crippen LogP contribution in [-0.2, 0) is 14.8 Å². The molecule has 0 fully saturated rings. The van der Waals surface area contributed by atoms with Gasteiger partial charge >= 0.3 is 0 Å². The van der Waals surface area contributed by atoms with Gasteiger partial charge in [0.2, 0.25) is 0 Å². The molecule has 2 aromatic rings. The Morgan fingerprint density at radius 1 is 1.04 bits per heavy atom. The van der Waals surface area contributed by atoms with E-state index in [1.54, 1.807) is 48.5 Å². The van der Waals surface area contributed by atoms with Gasteiger partial charge in [-0.15, -0.1) is 11.6 Å². The first-order chi connectivity index (χ1) is 10.8. The molecule has 0 saturated heterocycles. The molecule has 0 aliphatic carbocycles. The van der Waals surface area contributed by atoms with E-state index >= 15 is 0 Å². The van der Waals surface area contributed by atoms with Gasteiger partial charge in [0.25, 0.3) is 10.0 Å². The number of rotatable bonds is 6. The molecular formula is C17H18ClNO3S. The predicted octanol–water partition coefficient (Wildman–Crippen LogP) is 3.71. The number of sulfonamides is 1. The zero-order valence-corrected chi connectivity index (χ0v) is 14.4. The number of carbonyl (C=O) groups is 1. The van der Waals surface area contributed by atoms with E-state index in [-0.39, 0.29) is 10.8 Å². The standard InChI is InChI=1S/C17H18ClNO3S/c1-12-3-9-16(10-4-12)23(21,22)19-15-7-5-14(6-8-15)13(2)17(18)11-20/h3-11,13,17,19H,1-2H3. The van der Waals surface area contributed by atoms with Gasteiger partial charge in [-0.25, -0.2) is 8.42 Å². The van der Waals surface area contributed by atoms with Crippen molar-refractivity contribution < 1.29 is 13.2 Å². The summed E-state index contributed by atoms with van der Waals surface area (Å²) in [7, 11) is -3.62. The van der Waals surface area contributed by atoms with E-state index in [0.29, 0.717) is 12.0 Å². The van der Waals surface area contributed by atoms with Crippen LogP contribution in [0.1, 0.15) is 24.0 Å². The molecule has 122 valence electrons. The Morgan fingerprint density at radius 2 is 1.61 bits per heavy atom. The lowest BCUT2D eigenvalue weighted by molar-refractivity contribution is -0.107. The molecule has 0 aliphatic rings. The summed E-state index contributed by atoms with van der Waals surface area (Å²) in [5.74, 6) is -0.142. The summed E-state index contributed by atoms with van der Waals surface area (Å²) in [6, 6.07) is 13.5. The van der Waals surface area contributed by atoms with Gasteiger partial charge < -0.3 is 4.79 Å². The number of aldehydes is 1. The summed E-state index contributed by atoms with van der Waals surface area (Å²) in [6.07, 6.45) is 0.695. The summed E-state index contributed by atoms with van der Waals surface area (Å²) in [6.45, 7) is 3.74. The summed E-state index contributed by atoms with van der Waals surface area (Å²) < 4.78 is 27.1. The summed E-state index contributed by atoms with van der Waals surface area (Å²) in [5.41, 5.74) is 2.32. The Kier molecular flexibility index (Phi) is 5.44. The maximum Gasteiger partial charge on any atom is 0.261 e. The number of alkyl halides is 1. The number of aryl methyl sites for hydroxylation is 1. The minimum atomic E-state index is -3.62. The number of hydrogen-bond donors (Lipinski definition) is 1. The second-order valence-electron chi connectivity index (χ2n) is 5.41. The van der Waals surface area contributed by atoms with Gasteiger partial charge in [-0.2, -0.15) is 0 Å². The summed E-state index contributed by atoms with van der Waals surface area (Å²) >= 11 is 5.91. The molecule has 0 saturated carbocycles. The van der Waals surface area contributed by atoms with Gasteiger partial charge in [0.05, 0.1) is 10.3 Å². The van der Waals surface area contributed by atoms with Crippen molar-refractivity contribution in [2.75, 3.05) is 4.72 Å². The normalized spacial score (nSPS) is 14.0. The highest BCUT2D eigenvalue weighted by Crippen LogP contribution is 2.24. The minimum absolute atomic E-state index is 0.142. The first-order valence-electron chi connectivity index (χ1n) is 7.12. The Morgan fingerprint density at radius 3 is 2.13 bits per heavy atom. The topological polar surface area (TPSA) is 63.2 Å². The van der Waals surface area contributed by atoms with Crippen LogP contribution in [0.5, 0.6) is 0 Å². The van der Waals surface area contributed by atoms with E-state index in [1.807, 2.05) is 13.8 Å². The van der Waals surface area contributed by atoms with Crippen LogP contribution < -0.4 is 4.72 Å². The first-order valence-corrected chi connectivity index (χ1v) is 9.04. The molecular weight excluding hydrogens is 334 g/mol. The largest absolute Gasteiger partial charge is 0.302 e. The van der Waals surface area contributed by atoms with E-state index in [9.17, 15) is 13.2 Å². The second-order valence-corrected chi connectivity index (χ2v) is 7.60. The molecule has 23 heavy (non-hydrogen) atoms.